The molecule has 0 bridgehead atoms. The fraction of sp³-hybridized carbons (Fsp3) is 0.385. The molecule has 19 heavy (non-hydrogen) atoms. The molecule has 1 amide bonds. The summed E-state index contributed by atoms with van der Waals surface area (Å²) < 4.78 is 0. The summed E-state index contributed by atoms with van der Waals surface area (Å²) in [5, 5.41) is 15.5. The van der Waals surface area contributed by atoms with Gasteiger partial charge in [-0.3, -0.25) is 4.79 Å². The van der Waals surface area contributed by atoms with Gasteiger partial charge in [-0.1, -0.05) is 29.8 Å². The molecule has 1 aliphatic heterocycles. The van der Waals surface area contributed by atoms with E-state index in [0.717, 1.165) is 0 Å². The van der Waals surface area contributed by atoms with E-state index >= 15 is 0 Å². The van der Waals surface area contributed by atoms with Crippen LogP contribution in [0.5, 0.6) is 0 Å². The van der Waals surface area contributed by atoms with E-state index in [1.54, 1.807) is 25.1 Å². The van der Waals surface area contributed by atoms with Crippen LogP contribution in [0.1, 0.15) is 26.3 Å². The SMILES string of the molecule is CC(C)N1N=C(c2ccccc2Cl)C(C)(NO)C1=O. The number of benzene rings is 1. The molecule has 1 unspecified atom stereocenters. The lowest BCUT2D eigenvalue weighted by molar-refractivity contribution is -0.137. The Labute approximate surface area is 116 Å². The van der Waals surface area contributed by atoms with Gasteiger partial charge in [-0.2, -0.15) is 10.6 Å². The van der Waals surface area contributed by atoms with Gasteiger partial charge in [0.15, 0.2) is 5.54 Å². The molecule has 0 aliphatic carbocycles. The largest absolute Gasteiger partial charge is 0.315 e. The third kappa shape index (κ3) is 2.14. The highest BCUT2D eigenvalue weighted by Crippen LogP contribution is 2.29. The van der Waals surface area contributed by atoms with E-state index in [1.807, 2.05) is 19.9 Å². The number of carbonyl (C=O) groups is 1. The van der Waals surface area contributed by atoms with Gasteiger partial charge >= 0.3 is 0 Å². The van der Waals surface area contributed by atoms with Crippen LogP contribution in [-0.2, 0) is 4.79 Å². The van der Waals surface area contributed by atoms with Gasteiger partial charge < -0.3 is 5.21 Å². The number of amides is 1. The second kappa shape index (κ2) is 4.92. The lowest BCUT2D eigenvalue weighted by Gasteiger charge is -2.24. The van der Waals surface area contributed by atoms with E-state index in [1.165, 1.54) is 5.01 Å². The first-order chi connectivity index (χ1) is 8.91. The standard InChI is InChI=1S/C13H16ClN3O2/c1-8(2)17-12(18)13(3,16-19)11(15-17)9-6-4-5-7-10(9)14/h4-8,16,19H,1-3H3. The van der Waals surface area contributed by atoms with Crippen molar-refractivity contribution in [3.05, 3.63) is 34.9 Å². The number of nitrogens with zero attached hydrogens (tertiary/aromatic N) is 2. The van der Waals surface area contributed by atoms with E-state index in [2.05, 4.69) is 10.6 Å². The van der Waals surface area contributed by atoms with Crippen LogP contribution in [0.15, 0.2) is 29.4 Å². The number of hydrazone groups is 1. The van der Waals surface area contributed by atoms with Crippen molar-refractivity contribution in [1.29, 1.82) is 0 Å². The van der Waals surface area contributed by atoms with Crippen LogP contribution in [0.3, 0.4) is 0 Å². The number of carbonyl (C=O) groups excluding carboxylic acids is 1. The molecular weight excluding hydrogens is 266 g/mol. The molecule has 1 aromatic rings. The summed E-state index contributed by atoms with van der Waals surface area (Å²) in [7, 11) is 0. The Morgan fingerprint density at radius 2 is 2.05 bits per heavy atom. The highest BCUT2D eigenvalue weighted by Gasteiger charge is 2.49. The average Bonchev–Trinajstić information content (AvgIpc) is 2.64. The smallest absolute Gasteiger partial charge is 0.271 e. The number of halogens is 1. The van der Waals surface area contributed by atoms with Crippen molar-refractivity contribution >= 4 is 23.2 Å². The molecule has 0 spiro atoms. The Balaban J connectivity index is 2.56. The van der Waals surface area contributed by atoms with Gasteiger partial charge in [0.2, 0.25) is 0 Å². The van der Waals surface area contributed by atoms with Crippen LogP contribution in [0.2, 0.25) is 5.02 Å². The summed E-state index contributed by atoms with van der Waals surface area (Å²) in [6, 6.07) is 7.00. The molecule has 0 saturated carbocycles. The molecule has 2 rings (SSSR count). The Bertz CT molecular complexity index is 544. The van der Waals surface area contributed by atoms with Crippen molar-refractivity contribution < 1.29 is 10.0 Å². The van der Waals surface area contributed by atoms with Gasteiger partial charge in [0.25, 0.3) is 5.91 Å². The van der Waals surface area contributed by atoms with Gasteiger partial charge in [0.05, 0.1) is 6.04 Å². The van der Waals surface area contributed by atoms with Gasteiger partial charge in [-0.05, 0) is 26.8 Å². The lowest BCUT2D eigenvalue weighted by Crippen LogP contribution is -2.55. The quantitative estimate of drug-likeness (QED) is 0.833. The fourth-order valence-electron chi connectivity index (χ4n) is 2.01. The summed E-state index contributed by atoms with van der Waals surface area (Å²) in [5.74, 6) is -0.306. The second-order valence-corrected chi connectivity index (χ2v) is 5.32. The van der Waals surface area contributed by atoms with E-state index in [-0.39, 0.29) is 11.9 Å². The monoisotopic (exact) mass is 281 g/mol. The molecular formula is C13H16ClN3O2. The summed E-state index contributed by atoms with van der Waals surface area (Å²) in [4.78, 5) is 12.3. The third-order valence-electron chi connectivity index (χ3n) is 3.16. The van der Waals surface area contributed by atoms with Gasteiger partial charge in [-0.25, -0.2) is 5.01 Å². The van der Waals surface area contributed by atoms with Crippen molar-refractivity contribution in [1.82, 2.24) is 10.5 Å². The zero-order valence-corrected chi connectivity index (χ0v) is 11.8. The number of rotatable bonds is 3. The summed E-state index contributed by atoms with van der Waals surface area (Å²) in [5.41, 5.74) is 1.83. The predicted molar refractivity (Wildman–Crippen MR) is 73.3 cm³/mol. The summed E-state index contributed by atoms with van der Waals surface area (Å²) in [6.45, 7) is 5.29. The van der Waals surface area contributed by atoms with Crippen LogP contribution >= 0.6 is 11.6 Å². The first-order valence-electron chi connectivity index (χ1n) is 6.00. The fourth-order valence-corrected chi connectivity index (χ4v) is 2.24. The Morgan fingerprint density at radius 1 is 1.42 bits per heavy atom. The zero-order chi connectivity index (χ0) is 14.2. The summed E-state index contributed by atoms with van der Waals surface area (Å²) >= 11 is 6.14. The molecule has 1 aliphatic rings. The van der Waals surface area contributed by atoms with E-state index in [4.69, 9.17) is 11.6 Å². The summed E-state index contributed by atoms with van der Waals surface area (Å²) in [6.07, 6.45) is 0. The topological polar surface area (TPSA) is 64.9 Å². The molecule has 0 fully saturated rings. The number of hydrogen-bond acceptors (Lipinski definition) is 4. The molecule has 6 heteroatoms. The Hall–Kier alpha value is -1.43. The van der Waals surface area contributed by atoms with Crippen molar-refractivity contribution in [3.63, 3.8) is 0 Å². The number of hydroxylamine groups is 1. The maximum absolute atomic E-state index is 12.3. The normalized spacial score (nSPS) is 23.2. The molecule has 1 atom stereocenters. The van der Waals surface area contributed by atoms with Crippen molar-refractivity contribution in [2.45, 2.75) is 32.4 Å². The van der Waals surface area contributed by atoms with Gasteiger partial charge in [0.1, 0.15) is 5.71 Å². The van der Waals surface area contributed by atoms with Gasteiger partial charge in [-0.15, -0.1) is 0 Å². The molecule has 0 radical (unpaired) electrons. The number of nitrogens with one attached hydrogen (secondary N) is 1. The highest BCUT2D eigenvalue weighted by atomic mass is 35.5. The lowest BCUT2D eigenvalue weighted by atomic mass is 9.91. The molecule has 2 N–H and O–H groups in total. The van der Waals surface area contributed by atoms with E-state index in [0.29, 0.717) is 16.3 Å². The molecule has 0 saturated heterocycles. The Kier molecular flexibility index (Phi) is 3.62. The minimum Gasteiger partial charge on any atom is -0.315 e. The van der Waals surface area contributed by atoms with E-state index < -0.39 is 5.54 Å². The minimum absolute atomic E-state index is 0.0971. The van der Waals surface area contributed by atoms with Crippen LogP contribution in [0, 0.1) is 0 Å². The van der Waals surface area contributed by atoms with Crippen molar-refractivity contribution in [3.8, 4) is 0 Å². The molecule has 1 heterocycles. The molecule has 5 nitrogen and oxygen atoms in total. The first-order valence-corrected chi connectivity index (χ1v) is 6.38. The third-order valence-corrected chi connectivity index (χ3v) is 3.49. The number of hydrogen-bond donors (Lipinski definition) is 2. The van der Waals surface area contributed by atoms with Crippen LogP contribution in [-0.4, -0.2) is 33.4 Å². The average molecular weight is 282 g/mol. The van der Waals surface area contributed by atoms with Crippen molar-refractivity contribution in [2.75, 3.05) is 0 Å². The van der Waals surface area contributed by atoms with Crippen LogP contribution < -0.4 is 5.48 Å². The second-order valence-electron chi connectivity index (χ2n) is 4.91. The van der Waals surface area contributed by atoms with Crippen molar-refractivity contribution in [2.24, 2.45) is 5.10 Å². The van der Waals surface area contributed by atoms with Gasteiger partial charge in [0, 0.05) is 10.6 Å². The van der Waals surface area contributed by atoms with E-state index in [9.17, 15) is 10.0 Å². The highest BCUT2D eigenvalue weighted by molar-refractivity contribution is 6.36. The predicted octanol–water partition coefficient (Wildman–Crippen LogP) is 2.03. The maximum atomic E-state index is 12.3. The first kappa shape index (κ1) is 14.0. The molecule has 1 aromatic carbocycles. The maximum Gasteiger partial charge on any atom is 0.271 e. The zero-order valence-electron chi connectivity index (χ0n) is 11.0. The molecule has 102 valence electrons. The van der Waals surface area contributed by atoms with Crippen LogP contribution in [0.4, 0.5) is 0 Å². The van der Waals surface area contributed by atoms with Crippen LogP contribution in [0.25, 0.3) is 0 Å². The Morgan fingerprint density at radius 3 is 2.58 bits per heavy atom. The molecule has 0 aromatic heterocycles. The minimum atomic E-state index is -1.28.